The molecular weight excluding hydrogens is 298 g/mol. The molecule has 1 aromatic heterocycles. The van der Waals surface area contributed by atoms with Gasteiger partial charge in [-0.05, 0) is 19.4 Å². The molecule has 2 amide bonds. The highest BCUT2D eigenvalue weighted by atomic mass is 16.3. The van der Waals surface area contributed by atoms with Gasteiger partial charge in [-0.2, -0.15) is 5.10 Å². The number of fused-ring (bicyclic) bond motifs is 1. The number of para-hydroxylation sites is 1. The second kappa shape index (κ2) is 5.99. The number of azo groups is 1. The first-order valence-corrected chi connectivity index (χ1v) is 7.14. The minimum Gasteiger partial charge on any atom is -0.493 e. The summed E-state index contributed by atoms with van der Waals surface area (Å²) in [7, 11) is 0. The molecule has 3 N–H and O–H groups in total. The van der Waals surface area contributed by atoms with E-state index in [0.29, 0.717) is 23.0 Å². The Hall–Kier alpha value is -3.03. The Kier molecular flexibility index (Phi) is 3.88. The lowest BCUT2D eigenvalue weighted by molar-refractivity contribution is -0.122. The van der Waals surface area contributed by atoms with Crippen LogP contribution < -0.4 is 5.43 Å². The van der Waals surface area contributed by atoms with Crippen LogP contribution in [0.3, 0.4) is 0 Å². The SMILES string of the molecule is CC1=NNC(=O)[C@H]1CCC(=O)N=Nc1c(O)[nH]c2ccccc12. The highest BCUT2D eigenvalue weighted by Crippen LogP contribution is 2.35. The van der Waals surface area contributed by atoms with Crippen LogP contribution in [0, 0.1) is 5.92 Å². The van der Waals surface area contributed by atoms with Crippen molar-refractivity contribution in [2.45, 2.75) is 19.8 Å². The fourth-order valence-corrected chi connectivity index (χ4v) is 2.47. The number of H-pyrrole nitrogens is 1. The zero-order valence-corrected chi connectivity index (χ0v) is 12.4. The summed E-state index contributed by atoms with van der Waals surface area (Å²) < 4.78 is 0. The van der Waals surface area contributed by atoms with E-state index in [1.807, 2.05) is 6.07 Å². The number of hydrazone groups is 1. The molecule has 118 valence electrons. The first kappa shape index (κ1) is 14.9. The predicted molar refractivity (Wildman–Crippen MR) is 83.5 cm³/mol. The maximum Gasteiger partial charge on any atom is 0.264 e. The number of rotatable bonds is 4. The molecule has 2 heterocycles. The van der Waals surface area contributed by atoms with E-state index in [1.54, 1.807) is 25.1 Å². The molecule has 3 rings (SSSR count). The van der Waals surface area contributed by atoms with Crippen LogP contribution in [0.1, 0.15) is 19.8 Å². The van der Waals surface area contributed by atoms with Crippen LogP contribution in [0.5, 0.6) is 5.88 Å². The van der Waals surface area contributed by atoms with Gasteiger partial charge in [0.1, 0.15) is 0 Å². The van der Waals surface area contributed by atoms with E-state index >= 15 is 0 Å². The number of hydrogen-bond donors (Lipinski definition) is 3. The lowest BCUT2D eigenvalue weighted by Crippen LogP contribution is -2.22. The average molecular weight is 313 g/mol. The molecule has 8 heteroatoms. The van der Waals surface area contributed by atoms with Crippen molar-refractivity contribution in [3.63, 3.8) is 0 Å². The number of amides is 2. The number of carbonyl (C=O) groups excluding carboxylic acids is 2. The maximum atomic E-state index is 11.8. The van der Waals surface area contributed by atoms with Gasteiger partial charge in [0, 0.05) is 17.5 Å². The third-order valence-corrected chi connectivity index (χ3v) is 3.73. The van der Waals surface area contributed by atoms with Crippen molar-refractivity contribution >= 4 is 34.1 Å². The highest BCUT2D eigenvalue weighted by molar-refractivity contribution is 6.07. The van der Waals surface area contributed by atoms with E-state index in [4.69, 9.17) is 0 Å². The molecule has 0 bridgehead atoms. The minimum atomic E-state index is -0.456. The van der Waals surface area contributed by atoms with Gasteiger partial charge in [0.05, 0.1) is 11.4 Å². The molecule has 0 radical (unpaired) electrons. The van der Waals surface area contributed by atoms with Gasteiger partial charge in [-0.3, -0.25) is 9.59 Å². The summed E-state index contributed by atoms with van der Waals surface area (Å²) in [6.07, 6.45) is 0.413. The van der Waals surface area contributed by atoms with E-state index in [2.05, 4.69) is 25.7 Å². The van der Waals surface area contributed by atoms with Gasteiger partial charge in [0.25, 0.3) is 5.91 Å². The van der Waals surface area contributed by atoms with Gasteiger partial charge in [0.15, 0.2) is 5.69 Å². The van der Waals surface area contributed by atoms with Crippen LogP contribution in [0.25, 0.3) is 10.9 Å². The zero-order valence-electron chi connectivity index (χ0n) is 12.4. The van der Waals surface area contributed by atoms with Crippen LogP contribution in [-0.2, 0) is 9.59 Å². The molecule has 0 fully saturated rings. The summed E-state index contributed by atoms with van der Waals surface area (Å²) in [6.45, 7) is 1.73. The fourth-order valence-electron chi connectivity index (χ4n) is 2.47. The molecule has 8 nitrogen and oxygen atoms in total. The lowest BCUT2D eigenvalue weighted by atomic mass is 9.99. The largest absolute Gasteiger partial charge is 0.493 e. The molecule has 23 heavy (non-hydrogen) atoms. The summed E-state index contributed by atoms with van der Waals surface area (Å²) in [4.78, 5) is 26.1. The standard InChI is InChI=1S/C15H15N5O3/c1-8-9(14(22)20-17-8)6-7-12(21)18-19-13-10-4-2-3-5-11(10)16-15(13)23/h2-5,9,16,23H,6-7H2,1H3,(H,20,22)/t9-/m0/s1. The van der Waals surface area contributed by atoms with E-state index in [-0.39, 0.29) is 23.9 Å². The van der Waals surface area contributed by atoms with Crippen LogP contribution in [0.2, 0.25) is 0 Å². The summed E-state index contributed by atoms with van der Waals surface area (Å²) in [5.74, 6) is -1.19. The third kappa shape index (κ3) is 2.96. The quantitative estimate of drug-likeness (QED) is 0.752. The van der Waals surface area contributed by atoms with E-state index in [1.165, 1.54) is 0 Å². The van der Waals surface area contributed by atoms with Gasteiger partial charge in [-0.1, -0.05) is 18.2 Å². The van der Waals surface area contributed by atoms with Crippen LogP contribution >= 0.6 is 0 Å². The summed E-state index contributed by atoms with van der Waals surface area (Å²) >= 11 is 0. The predicted octanol–water partition coefficient (Wildman–Crippen LogP) is 2.39. The van der Waals surface area contributed by atoms with E-state index in [0.717, 1.165) is 0 Å². The molecule has 0 saturated carbocycles. The maximum absolute atomic E-state index is 11.8. The molecule has 0 unspecified atom stereocenters. The van der Waals surface area contributed by atoms with Crippen molar-refractivity contribution in [2.75, 3.05) is 0 Å². The first-order valence-electron chi connectivity index (χ1n) is 7.14. The fraction of sp³-hybridized carbons (Fsp3) is 0.267. The normalized spacial score (nSPS) is 17.7. The molecule has 1 aromatic carbocycles. The number of carbonyl (C=O) groups is 2. The monoisotopic (exact) mass is 313 g/mol. The van der Waals surface area contributed by atoms with Crippen LogP contribution in [0.4, 0.5) is 5.69 Å². The number of aromatic nitrogens is 1. The summed E-state index contributed by atoms with van der Waals surface area (Å²) in [5, 5.41) is 21.8. The van der Waals surface area contributed by atoms with Gasteiger partial charge >= 0.3 is 0 Å². The minimum absolute atomic E-state index is 0.0809. The Morgan fingerprint density at radius 1 is 1.39 bits per heavy atom. The van der Waals surface area contributed by atoms with Gasteiger partial charge in [0.2, 0.25) is 11.8 Å². The van der Waals surface area contributed by atoms with Crippen LogP contribution in [-0.4, -0.2) is 27.6 Å². The highest BCUT2D eigenvalue weighted by Gasteiger charge is 2.27. The molecule has 1 atom stereocenters. The Morgan fingerprint density at radius 2 is 2.17 bits per heavy atom. The number of benzene rings is 1. The zero-order chi connectivity index (χ0) is 16.4. The molecule has 0 aliphatic carbocycles. The molecule has 1 aliphatic heterocycles. The molecule has 1 aliphatic rings. The number of nitrogens with zero attached hydrogens (tertiary/aromatic N) is 3. The Balaban J connectivity index is 1.67. The smallest absolute Gasteiger partial charge is 0.264 e. The third-order valence-electron chi connectivity index (χ3n) is 3.73. The number of aromatic amines is 1. The average Bonchev–Trinajstić information content (AvgIpc) is 3.02. The van der Waals surface area contributed by atoms with Crippen molar-refractivity contribution in [1.29, 1.82) is 0 Å². The Morgan fingerprint density at radius 3 is 2.91 bits per heavy atom. The van der Waals surface area contributed by atoms with Crippen LogP contribution in [0.15, 0.2) is 39.6 Å². The number of hydrogen-bond acceptors (Lipinski definition) is 5. The molecule has 0 spiro atoms. The first-order chi connectivity index (χ1) is 11.1. The van der Waals surface area contributed by atoms with Gasteiger partial charge in [-0.25, -0.2) is 5.43 Å². The van der Waals surface area contributed by atoms with Crippen molar-refractivity contribution < 1.29 is 14.7 Å². The molecular formula is C15H15N5O3. The van der Waals surface area contributed by atoms with E-state index in [9.17, 15) is 14.7 Å². The van der Waals surface area contributed by atoms with Crippen molar-refractivity contribution in [1.82, 2.24) is 10.4 Å². The van der Waals surface area contributed by atoms with Crippen molar-refractivity contribution in [2.24, 2.45) is 21.2 Å². The molecule has 2 aromatic rings. The summed E-state index contributed by atoms with van der Waals surface area (Å²) in [5.41, 5.74) is 3.97. The second-order valence-electron chi connectivity index (χ2n) is 5.28. The van der Waals surface area contributed by atoms with Crippen molar-refractivity contribution in [3.8, 4) is 5.88 Å². The Bertz CT molecular complexity index is 837. The van der Waals surface area contributed by atoms with Crippen molar-refractivity contribution in [3.05, 3.63) is 24.3 Å². The molecule has 0 saturated heterocycles. The Labute approximate surface area is 131 Å². The lowest BCUT2D eigenvalue weighted by Gasteiger charge is -2.04. The summed E-state index contributed by atoms with van der Waals surface area (Å²) in [6, 6.07) is 7.18. The number of aromatic hydroxyl groups is 1. The number of nitrogens with one attached hydrogen (secondary N) is 2. The van der Waals surface area contributed by atoms with Gasteiger partial charge < -0.3 is 10.1 Å². The topological polar surface area (TPSA) is 119 Å². The van der Waals surface area contributed by atoms with Gasteiger partial charge in [-0.15, -0.1) is 10.2 Å². The second-order valence-corrected chi connectivity index (χ2v) is 5.28. The van der Waals surface area contributed by atoms with E-state index < -0.39 is 11.8 Å².